The Hall–Kier alpha value is -2.08. The maximum absolute atomic E-state index is 11.8. The zero-order valence-electron chi connectivity index (χ0n) is 11.4. The molecule has 0 aliphatic heterocycles. The van der Waals surface area contributed by atoms with Crippen molar-refractivity contribution in [2.75, 3.05) is 17.7 Å². The summed E-state index contributed by atoms with van der Waals surface area (Å²) < 4.78 is 0. The Morgan fingerprint density at radius 2 is 1.74 bits per heavy atom. The highest BCUT2D eigenvalue weighted by atomic mass is 16.2. The molecule has 0 aromatic heterocycles. The first-order valence-corrected chi connectivity index (χ1v) is 6.09. The van der Waals surface area contributed by atoms with E-state index in [1.54, 1.807) is 24.3 Å². The highest BCUT2D eigenvalue weighted by Gasteiger charge is 2.17. The zero-order chi connectivity index (χ0) is 14.4. The molecule has 0 spiro atoms. The summed E-state index contributed by atoms with van der Waals surface area (Å²) in [6.07, 6.45) is 0. The highest BCUT2D eigenvalue weighted by molar-refractivity contribution is 5.96. The lowest BCUT2D eigenvalue weighted by atomic mass is 10.0. The van der Waals surface area contributed by atoms with Crippen molar-refractivity contribution in [3.05, 3.63) is 24.3 Å². The fourth-order valence-electron chi connectivity index (χ4n) is 1.40. The van der Waals surface area contributed by atoms with Gasteiger partial charge >= 0.3 is 6.03 Å². The number of rotatable bonds is 4. The Balaban J connectivity index is 2.72. The van der Waals surface area contributed by atoms with Crippen LogP contribution in [-0.4, -0.2) is 25.0 Å². The Morgan fingerprint density at radius 1 is 1.16 bits per heavy atom. The molecule has 1 aromatic rings. The van der Waals surface area contributed by atoms with Gasteiger partial charge in [0.1, 0.15) is 0 Å². The van der Waals surface area contributed by atoms with Crippen LogP contribution in [0.15, 0.2) is 24.3 Å². The van der Waals surface area contributed by atoms with Crippen molar-refractivity contribution in [3.8, 4) is 0 Å². The van der Waals surface area contributed by atoms with Crippen LogP contribution in [0.1, 0.15) is 13.8 Å². The molecular formula is C13H20N4O2. The maximum Gasteiger partial charge on any atom is 0.318 e. The fraction of sp³-hybridized carbons (Fsp3) is 0.385. The Morgan fingerprint density at radius 3 is 2.26 bits per heavy atom. The minimum atomic E-state index is -0.560. The second-order valence-electron chi connectivity index (χ2n) is 4.54. The SMILES string of the molecule is CNC(=O)Nc1cccc(NC(=O)[C@@H](N)C(C)C)c1. The molecule has 6 nitrogen and oxygen atoms in total. The Bertz CT molecular complexity index is 460. The molecule has 3 amide bonds. The summed E-state index contributed by atoms with van der Waals surface area (Å²) in [7, 11) is 1.53. The number of benzene rings is 1. The number of urea groups is 1. The first kappa shape index (κ1) is 15.0. The van der Waals surface area contributed by atoms with E-state index in [1.807, 2.05) is 13.8 Å². The van der Waals surface area contributed by atoms with Crippen LogP contribution < -0.4 is 21.7 Å². The molecule has 1 aromatic carbocycles. The lowest BCUT2D eigenvalue weighted by molar-refractivity contribution is -0.118. The molecular weight excluding hydrogens is 244 g/mol. The van der Waals surface area contributed by atoms with Crippen molar-refractivity contribution in [2.45, 2.75) is 19.9 Å². The largest absolute Gasteiger partial charge is 0.341 e. The predicted molar refractivity (Wildman–Crippen MR) is 76.0 cm³/mol. The molecule has 0 saturated carbocycles. The van der Waals surface area contributed by atoms with Crippen LogP contribution in [0.4, 0.5) is 16.2 Å². The molecule has 104 valence electrons. The fourth-order valence-corrected chi connectivity index (χ4v) is 1.40. The molecule has 0 fully saturated rings. The summed E-state index contributed by atoms with van der Waals surface area (Å²) in [5, 5.41) is 7.79. The number of hydrogen-bond donors (Lipinski definition) is 4. The van der Waals surface area contributed by atoms with Crippen LogP contribution in [0.3, 0.4) is 0 Å². The average Bonchev–Trinajstić information content (AvgIpc) is 2.37. The number of anilines is 2. The molecule has 19 heavy (non-hydrogen) atoms. The third-order valence-electron chi connectivity index (χ3n) is 2.64. The van der Waals surface area contributed by atoms with E-state index < -0.39 is 6.04 Å². The normalized spacial score (nSPS) is 11.8. The molecule has 6 heteroatoms. The summed E-state index contributed by atoms with van der Waals surface area (Å²) in [4.78, 5) is 23.0. The lowest BCUT2D eigenvalue weighted by Gasteiger charge is -2.15. The van der Waals surface area contributed by atoms with E-state index >= 15 is 0 Å². The van der Waals surface area contributed by atoms with Crippen molar-refractivity contribution >= 4 is 23.3 Å². The summed E-state index contributed by atoms with van der Waals surface area (Å²) in [5.41, 5.74) is 6.94. The minimum Gasteiger partial charge on any atom is -0.341 e. The van der Waals surface area contributed by atoms with Crippen LogP contribution in [0.5, 0.6) is 0 Å². The van der Waals surface area contributed by atoms with Gasteiger partial charge in [0, 0.05) is 18.4 Å². The van der Waals surface area contributed by atoms with Gasteiger partial charge in [0.15, 0.2) is 0 Å². The predicted octanol–water partition coefficient (Wildman–Crippen LogP) is 1.36. The zero-order valence-corrected chi connectivity index (χ0v) is 11.4. The van der Waals surface area contributed by atoms with Gasteiger partial charge in [-0.3, -0.25) is 4.79 Å². The third-order valence-corrected chi connectivity index (χ3v) is 2.64. The number of hydrogen-bond acceptors (Lipinski definition) is 3. The van der Waals surface area contributed by atoms with Gasteiger partial charge in [-0.2, -0.15) is 0 Å². The first-order chi connectivity index (χ1) is 8.93. The lowest BCUT2D eigenvalue weighted by Crippen LogP contribution is -2.39. The van der Waals surface area contributed by atoms with Gasteiger partial charge in [-0.05, 0) is 24.1 Å². The molecule has 0 radical (unpaired) electrons. The Labute approximate surface area is 112 Å². The summed E-state index contributed by atoms with van der Waals surface area (Å²) in [5.74, 6) is -0.181. The second kappa shape index (κ2) is 6.75. The smallest absolute Gasteiger partial charge is 0.318 e. The van der Waals surface area contributed by atoms with Gasteiger partial charge in [-0.1, -0.05) is 19.9 Å². The maximum atomic E-state index is 11.8. The topological polar surface area (TPSA) is 96.2 Å². The van der Waals surface area contributed by atoms with Crippen LogP contribution in [-0.2, 0) is 4.79 Å². The molecule has 5 N–H and O–H groups in total. The molecule has 1 rings (SSSR count). The van der Waals surface area contributed by atoms with Crippen LogP contribution in [0.25, 0.3) is 0 Å². The third kappa shape index (κ3) is 4.59. The Kier molecular flexibility index (Phi) is 5.32. The van der Waals surface area contributed by atoms with Crippen LogP contribution >= 0.6 is 0 Å². The van der Waals surface area contributed by atoms with Gasteiger partial charge in [0.25, 0.3) is 0 Å². The molecule has 0 aliphatic rings. The van der Waals surface area contributed by atoms with Crippen LogP contribution in [0.2, 0.25) is 0 Å². The minimum absolute atomic E-state index is 0.0622. The van der Waals surface area contributed by atoms with Crippen molar-refractivity contribution in [1.29, 1.82) is 0 Å². The number of nitrogens with one attached hydrogen (secondary N) is 3. The molecule has 0 saturated heterocycles. The van der Waals surface area contributed by atoms with E-state index in [2.05, 4.69) is 16.0 Å². The van der Waals surface area contributed by atoms with Crippen LogP contribution in [0, 0.1) is 5.92 Å². The van der Waals surface area contributed by atoms with Crippen molar-refractivity contribution in [2.24, 2.45) is 11.7 Å². The van der Waals surface area contributed by atoms with Gasteiger partial charge in [-0.15, -0.1) is 0 Å². The molecule has 0 bridgehead atoms. The van der Waals surface area contributed by atoms with Crippen molar-refractivity contribution in [1.82, 2.24) is 5.32 Å². The van der Waals surface area contributed by atoms with E-state index in [9.17, 15) is 9.59 Å². The first-order valence-electron chi connectivity index (χ1n) is 6.09. The quantitative estimate of drug-likeness (QED) is 0.661. The van der Waals surface area contributed by atoms with E-state index in [4.69, 9.17) is 5.73 Å². The van der Waals surface area contributed by atoms with E-state index in [0.29, 0.717) is 11.4 Å². The van der Waals surface area contributed by atoms with Gasteiger partial charge < -0.3 is 21.7 Å². The summed E-state index contributed by atoms with van der Waals surface area (Å²) in [6, 6.07) is 5.99. The molecule has 1 atom stereocenters. The van der Waals surface area contributed by atoms with Gasteiger partial charge in [0.2, 0.25) is 5.91 Å². The standard InChI is InChI=1S/C13H20N4O2/c1-8(2)11(14)12(18)16-9-5-4-6-10(7-9)17-13(19)15-3/h4-8,11H,14H2,1-3H3,(H,16,18)(H2,15,17,19)/t11-/m0/s1. The molecule has 0 heterocycles. The second-order valence-corrected chi connectivity index (χ2v) is 4.54. The number of amides is 3. The monoisotopic (exact) mass is 264 g/mol. The van der Waals surface area contributed by atoms with E-state index in [-0.39, 0.29) is 17.9 Å². The summed E-state index contributed by atoms with van der Waals surface area (Å²) >= 11 is 0. The van der Waals surface area contributed by atoms with E-state index in [1.165, 1.54) is 7.05 Å². The number of nitrogens with two attached hydrogens (primary N) is 1. The van der Waals surface area contributed by atoms with Gasteiger partial charge in [-0.25, -0.2) is 4.79 Å². The summed E-state index contributed by atoms with van der Waals surface area (Å²) in [6.45, 7) is 3.77. The van der Waals surface area contributed by atoms with Crippen molar-refractivity contribution in [3.63, 3.8) is 0 Å². The van der Waals surface area contributed by atoms with E-state index in [0.717, 1.165) is 0 Å². The number of carbonyl (C=O) groups excluding carboxylic acids is 2. The molecule has 0 unspecified atom stereocenters. The van der Waals surface area contributed by atoms with Gasteiger partial charge in [0.05, 0.1) is 6.04 Å². The average molecular weight is 264 g/mol. The van der Waals surface area contributed by atoms with Crippen molar-refractivity contribution < 1.29 is 9.59 Å². The molecule has 0 aliphatic carbocycles. The number of carbonyl (C=O) groups is 2. The highest BCUT2D eigenvalue weighted by Crippen LogP contribution is 2.15.